The number of H-pyrrole nitrogens is 1. The van der Waals surface area contributed by atoms with E-state index < -0.39 is 36.6 Å². The lowest BCUT2D eigenvalue weighted by Gasteiger charge is -2.15. The number of hydrogen-bond donors (Lipinski definition) is 5. The predicted molar refractivity (Wildman–Crippen MR) is 71.9 cm³/mol. The van der Waals surface area contributed by atoms with E-state index in [1.54, 1.807) is 0 Å². The van der Waals surface area contributed by atoms with Gasteiger partial charge in [-0.2, -0.15) is 0 Å². The molecular formula is C13H18N2O5. The van der Waals surface area contributed by atoms with Crippen LogP contribution in [0.4, 0.5) is 0 Å². The second-order valence-electron chi connectivity index (χ2n) is 4.74. The first-order valence-corrected chi connectivity index (χ1v) is 6.23. The summed E-state index contributed by atoms with van der Waals surface area (Å²) in [6.45, 7) is 3.55. The maximum Gasteiger partial charge on any atom is 0.253 e. The van der Waals surface area contributed by atoms with Gasteiger partial charge in [0, 0.05) is 18.3 Å². The van der Waals surface area contributed by atoms with E-state index in [1.165, 1.54) is 12.3 Å². The van der Waals surface area contributed by atoms with Crippen LogP contribution in [-0.2, 0) is 4.74 Å². The zero-order valence-electron chi connectivity index (χ0n) is 10.8. The number of nitrogens with two attached hydrogens (primary N) is 1. The average Bonchev–Trinajstić information content (AvgIpc) is 2.74. The van der Waals surface area contributed by atoms with Gasteiger partial charge >= 0.3 is 0 Å². The van der Waals surface area contributed by atoms with Crippen molar-refractivity contribution < 1.29 is 20.1 Å². The molecule has 0 aliphatic carbocycles. The Morgan fingerprint density at radius 3 is 2.70 bits per heavy atom. The SMILES string of the molecule is C=C(CN)c1c[nH]c(=O)c([C@@H]2O[C@H](CO)[C@@H](O)[C@H]2O)c1. The Morgan fingerprint density at radius 1 is 1.45 bits per heavy atom. The molecule has 0 saturated carbocycles. The van der Waals surface area contributed by atoms with Gasteiger partial charge < -0.3 is 30.8 Å². The third kappa shape index (κ3) is 2.54. The molecule has 1 aliphatic rings. The van der Waals surface area contributed by atoms with Gasteiger partial charge in [-0.25, -0.2) is 0 Å². The molecule has 20 heavy (non-hydrogen) atoms. The first-order chi connectivity index (χ1) is 9.49. The Balaban J connectivity index is 2.38. The molecule has 0 unspecified atom stereocenters. The van der Waals surface area contributed by atoms with E-state index in [1.807, 2.05) is 0 Å². The topological polar surface area (TPSA) is 129 Å². The van der Waals surface area contributed by atoms with Crippen molar-refractivity contribution in [2.45, 2.75) is 24.4 Å². The fourth-order valence-electron chi connectivity index (χ4n) is 2.19. The normalized spacial score (nSPS) is 29.6. The fraction of sp³-hybridized carbons (Fsp3) is 0.462. The van der Waals surface area contributed by atoms with Crippen LogP contribution in [0, 0.1) is 0 Å². The van der Waals surface area contributed by atoms with Crippen molar-refractivity contribution in [3.05, 3.63) is 40.3 Å². The standard InChI is InChI=1S/C13H18N2O5/c1-6(3-14)7-2-8(13(19)15-4-7)12-11(18)10(17)9(5-16)20-12/h2,4,9-12,16-18H,1,3,5,14H2,(H,15,19)/t9-,10-,11-,12+/m1/s1. The number of rotatable bonds is 4. The summed E-state index contributed by atoms with van der Waals surface area (Å²) in [5.41, 5.74) is 6.47. The van der Waals surface area contributed by atoms with E-state index in [2.05, 4.69) is 11.6 Å². The molecule has 0 bridgehead atoms. The number of nitrogens with one attached hydrogen (secondary N) is 1. The average molecular weight is 282 g/mol. The number of aromatic nitrogens is 1. The van der Waals surface area contributed by atoms with Gasteiger partial charge in [-0.3, -0.25) is 4.79 Å². The Hall–Kier alpha value is -1.51. The number of ether oxygens (including phenoxy) is 1. The van der Waals surface area contributed by atoms with Gasteiger partial charge in [0.1, 0.15) is 24.4 Å². The van der Waals surface area contributed by atoms with Crippen LogP contribution in [0.15, 0.2) is 23.6 Å². The maximum absolute atomic E-state index is 11.9. The molecule has 0 aromatic carbocycles. The molecule has 6 N–H and O–H groups in total. The molecule has 7 nitrogen and oxygen atoms in total. The minimum atomic E-state index is -1.28. The molecule has 4 atom stereocenters. The summed E-state index contributed by atoms with van der Waals surface area (Å²) in [5.74, 6) is 0. The monoisotopic (exact) mass is 282 g/mol. The molecule has 0 spiro atoms. The number of hydrogen-bond acceptors (Lipinski definition) is 6. The highest BCUT2D eigenvalue weighted by atomic mass is 16.6. The molecular weight excluding hydrogens is 264 g/mol. The van der Waals surface area contributed by atoms with Crippen LogP contribution in [-0.4, -0.2) is 51.8 Å². The summed E-state index contributed by atoms with van der Waals surface area (Å²) in [6, 6.07) is 1.52. The summed E-state index contributed by atoms with van der Waals surface area (Å²) in [5, 5.41) is 28.7. The Bertz CT molecular complexity index is 556. The van der Waals surface area contributed by atoms with Gasteiger partial charge in [-0.15, -0.1) is 0 Å². The van der Waals surface area contributed by atoms with E-state index in [0.29, 0.717) is 11.1 Å². The van der Waals surface area contributed by atoms with Crippen LogP contribution in [0.25, 0.3) is 5.57 Å². The molecule has 1 aromatic rings. The fourth-order valence-corrected chi connectivity index (χ4v) is 2.19. The predicted octanol–water partition coefficient (Wildman–Crippen LogP) is -1.50. The van der Waals surface area contributed by atoms with Gasteiger partial charge in [0.25, 0.3) is 5.56 Å². The van der Waals surface area contributed by atoms with Gasteiger partial charge in [-0.05, 0) is 17.2 Å². The third-order valence-electron chi connectivity index (χ3n) is 3.44. The summed E-state index contributed by atoms with van der Waals surface area (Å²) in [6.07, 6.45) is -2.98. The number of pyridine rings is 1. The van der Waals surface area contributed by atoms with Crippen molar-refractivity contribution in [2.24, 2.45) is 5.73 Å². The van der Waals surface area contributed by atoms with E-state index >= 15 is 0 Å². The summed E-state index contributed by atoms with van der Waals surface area (Å²) in [4.78, 5) is 14.4. The molecule has 0 radical (unpaired) electrons. The van der Waals surface area contributed by atoms with Crippen LogP contribution < -0.4 is 11.3 Å². The van der Waals surface area contributed by atoms with Crippen molar-refractivity contribution in [1.29, 1.82) is 0 Å². The summed E-state index contributed by atoms with van der Waals surface area (Å²) >= 11 is 0. The maximum atomic E-state index is 11.9. The lowest BCUT2D eigenvalue weighted by atomic mass is 10.00. The lowest BCUT2D eigenvalue weighted by Crippen LogP contribution is -2.33. The molecule has 1 aliphatic heterocycles. The van der Waals surface area contributed by atoms with Crippen molar-refractivity contribution >= 4 is 5.57 Å². The summed E-state index contributed by atoms with van der Waals surface area (Å²) < 4.78 is 5.34. The van der Waals surface area contributed by atoms with Gasteiger partial charge in [0.15, 0.2) is 0 Å². The van der Waals surface area contributed by atoms with Gasteiger partial charge in [-0.1, -0.05) is 6.58 Å². The Kier molecular flexibility index (Phi) is 4.36. The molecule has 1 saturated heterocycles. The first-order valence-electron chi connectivity index (χ1n) is 6.23. The summed E-state index contributed by atoms with van der Waals surface area (Å²) in [7, 11) is 0. The van der Waals surface area contributed by atoms with Crippen LogP contribution in [0.5, 0.6) is 0 Å². The van der Waals surface area contributed by atoms with E-state index in [0.717, 1.165) is 0 Å². The first kappa shape index (κ1) is 14.9. The smallest absolute Gasteiger partial charge is 0.253 e. The Morgan fingerprint density at radius 2 is 2.15 bits per heavy atom. The van der Waals surface area contributed by atoms with Crippen LogP contribution >= 0.6 is 0 Å². The molecule has 110 valence electrons. The molecule has 2 rings (SSSR count). The molecule has 1 aromatic heterocycles. The van der Waals surface area contributed by atoms with E-state index in [4.69, 9.17) is 15.6 Å². The number of aromatic amines is 1. The van der Waals surface area contributed by atoms with E-state index in [9.17, 15) is 15.0 Å². The highest BCUT2D eigenvalue weighted by Crippen LogP contribution is 2.32. The molecule has 0 amide bonds. The van der Waals surface area contributed by atoms with Crippen LogP contribution in [0.3, 0.4) is 0 Å². The van der Waals surface area contributed by atoms with Crippen LogP contribution in [0.1, 0.15) is 17.2 Å². The zero-order chi connectivity index (χ0) is 14.9. The third-order valence-corrected chi connectivity index (χ3v) is 3.44. The van der Waals surface area contributed by atoms with Gasteiger partial charge in [0.2, 0.25) is 0 Å². The Labute approximate surface area is 115 Å². The van der Waals surface area contributed by atoms with E-state index in [-0.39, 0.29) is 12.1 Å². The highest BCUT2D eigenvalue weighted by molar-refractivity contribution is 5.64. The van der Waals surface area contributed by atoms with Crippen molar-refractivity contribution in [3.63, 3.8) is 0 Å². The van der Waals surface area contributed by atoms with Crippen molar-refractivity contribution in [3.8, 4) is 0 Å². The lowest BCUT2D eigenvalue weighted by molar-refractivity contribution is -0.0231. The quantitative estimate of drug-likeness (QED) is 0.457. The second kappa shape index (κ2) is 5.86. The van der Waals surface area contributed by atoms with Gasteiger partial charge in [0.05, 0.1) is 6.61 Å². The number of aliphatic hydroxyl groups excluding tert-OH is 3. The van der Waals surface area contributed by atoms with Crippen LogP contribution in [0.2, 0.25) is 0 Å². The largest absolute Gasteiger partial charge is 0.394 e. The number of aliphatic hydroxyl groups is 3. The molecule has 1 fully saturated rings. The zero-order valence-corrected chi connectivity index (χ0v) is 10.8. The van der Waals surface area contributed by atoms with Crippen molar-refractivity contribution in [1.82, 2.24) is 4.98 Å². The molecule has 2 heterocycles. The minimum absolute atomic E-state index is 0.166. The minimum Gasteiger partial charge on any atom is -0.394 e. The molecule has 7 heteroatoms. The van der Waals surface area contributed by atoms with Crippen molar-refractivity contribution in [2.75, 3.05) is 13.2 Å². The second-order valence-corrected chi connectivity index (χ2v) is 4.74. The highest BCUT2D eigenvalue weighted by Gasteiger charge is 2.44.